The Bertz CT molecular complexity index is 503. The summed E-state index contributed by atoms with van der Waals surface area (Å²) < 4.78 is 24.4. The van der Waals surface area contributed by atoms with Crippen molar-refractivity contribution in [2.75, 3.05) is 13.2 Å². The summed E-state index contributed by atoms with van der Waals surface area (Å²) in [4.78, 5) is 0. The third kappa shape index (κ3) is 6.58. The molecule has 0 spiro atoms. The molecule has 0 fully saturated rings. The minimum absolute atomic E-state index is 0.265. The Balaban J connectivity index is 2.97. The van der Waals surface area contributed by atoms with Gasteiger partial charge in [-0.05, 0) is 42.4 Å². The molecule has 0 saturated heterocycles. The van der Waals surface area contributed by atoms with E-state index in [1.807, 2.05) is 26.0 Å². The van der Waals surface area contributed by atoms with E-state index in [1.54, 1.807) is 0 Å². The number of aryl methyl sites for hydroxylation is 2. The molecule has 1 N–H and O–H groups in total. The van der Waals surface area contributed by atoms with Crippen molar-refractivity contribution in [2.45, 2.75) is 72.4 Å². The molecule has 1 aromatic carbocycles. The van der Waals surface area contributed by atoms with E-state index in [4.69, 9.17) is 9.05 Å². The average Bonchev–Trinajstić information content (AvgIpc) is 2.56. The molecule has 0 atom stereocenters. The van der Waals surface area contributed by atoms with Crippen molar-refractivity contribution in [1.82, 2.24) is 0 Å². The normalized spacial score (nSPS) is 11.8. The monoisotopic (exact) mass is 356 g/mol. The van der Waals surface area contributed by atoms with Gasteiger partial charge in [-0.25, -0.2) is 0 Å². The van der Waals surface area contributed by atoms with Crippen LogP contribution in [0.4, 0.5) is 0 Å². The Morgan fingerprint density at radius 2 is 1.38 bits per heavy atom. The standard InChI is InChI=1S/C19H33O4P/c1-5-9-11-22-24(21,23-12-10-6-2)15-16-13-17(7-3)19(20)18(8-4)14-16/h13-14,20H,5-12,15H2,1-4H3. The highest BCUT2D eigenvalue weighted by Crippen LogP contribution is 2.52. The van der Waals surface area contributed by atoms with Gasteiger partial charge in [-0.3, -0.25) is 4.57 Å². The molecule has 0 aromatic heterocycles. The lowest BCUT2D eigenvalue weighted by atomic mass is 10.0. The topological polar surface area (TPSA) is 55.8 Å². The van der Waals surface area contributed by atoms with Crippen LogP contribution >= 0.6 is 7.60 Å². The molecule has 24 heavy (non-hydrogen) atoms. The summed E-state index contributed by atoms with van der Waals surface area (Å²) in [5.41, 5.74) is 2.69. The number of unbranched alkanes of at least 4 members (excludes halogenated alkanes) is 2. The Morgan fingerprint density at radius 1 is 0.917 bits per heavy atom. The van der Waals surface area contributed by atoms with Crippen LogP contribution < -0.4 is 0 Å². The van der Waals surface area contributed by atoms with E-state index in [-0.39, 0.29) is 6.16 Å². The van der Waals surface area contributed by atoms with Gasteiger partial charge in [0.1, 0.15) is 5.75 Å². The number of hydrogen-bond donors (Lipinski definition) is 1. The zero-order valence-electron chi connectivity index (χ0n) is 15.6. The molecule has 0 radical (unpaired) electrons. The van der Waals surface area contributed by atoms with Gasteiger partial charge >= 0.3 is 7.60 Å². The molecule has 0 saturated carbocycles. The van der Waals surface area contributed by atoms with Crippen LogP contribution in [-0.4, -0.2) is 18.3 Å². The van der Waals surface area contributed by atoms with E-state index in [2.05, 4.69) is 13.8 Å². The van der Waals surface area contributed by atoms with Crippen molar-refractivity contribution in [2.24, 2.45) is 0 Å². The first kappa shape index (κ1) is 21.2. The molecule has 0 bridgehead atoms. The lowest BCUT2D eigenvalue weighted by Gasteiger charge is -2.20. The van der Waals surface area contributed by atoms with Gasteiger partial charge in [0.15, 0.2) is 0 Å². The summed E-state index contributed by atoms with van der Waals surface area (Å²) in [5, 5.41) is 10.2. The number of hydrogen-bond acceptors (Lipinski definition) is 4. The van der Waals surface area contributed by atoms with Gasteiger partial charge in [-0.2, -0.15) is 0 Å². The largest absolute Gasteiger partial charge is 0.507 e. The van der Waals surface area contributed by atoms with Gasteiger partial charge in [0.05, 0.1) is 19.4 Å². The van der Waals surface area contributed by atoms with Gasteiger partial charge in [0.25, 0.3) is 0 Å². The SMILES string of the molecule is CCCCOP(=O)(Cc1cc(CC)c(O)c(CC)c1)OCCCC. The molecular formula is C19H33O4P. The van der Waals surface area contributed by atoms with Crippen LogP contribution in [0.1, 0.15) is 70.1 Å². The number of aromatic hydroxyl groups is 1. The summed E-state index contributed by atoms with van der Waals surface area (Å²) in [5.74, 6) is 0.359. The molecule has 0 heterocycles. The lowest BCUT2D eigenvalue weighted by Crippen LogP contribution is -2.03. The highest BCUT2D eigenvalue weighted by molar-refractivity contribution is 7.53. The smallest absolute Gasteiger partial charge is 0.335 e. The van der Waals surface area contributed by atoms with E-state index < -0.39 is 7.60 Å². The second kappa shape index (κ2) is 10.9. The molecular weight excluding hydrogens is 323 g/mol. The van der Waals surface area contributed by atoms with Gasteiger partial charge in [-0.15, -0.1) is 0 Å². The number of phenols is 1. The maximum Gasteiger partial charge on any atom is 0.335 e. The highest BCUT2D eigenvalue weighted by atomic mass is 31.2. The summed E-state index contributed by atoms with van der Waals surface area (Å²) in [7, 11) is -3.16. The minimum atomic E-state index is -3.16. The van der Waals surface area contributed by atoms with Crippen molar-refractivity contribution in [3.05, 3.63) is 28.8 Å². The molecule has 5 heteroatoms. The third-order valence-electron chi connectivity index (χ3n) is 4.04. The summed E-state index contributed by atoms with van der Waals surface area (Å²) in [6.45, 7) is 9.08. The molecule has 1 aromatic rings. The van der Waals surface area contributed by atoms with Crippen molar-refractivity contribution < 1.29 is 18.7 Å². The fourth-order valence-electron chi connectivity index (χ4n) is 2.51. The predicted molar refractivity (Wildman–Crippen MR) is 99.9 cm³/mol. The predicted octanol–water partition coefficient (Wildman–Crippen LogP) is 5.84. The lowest BCUT2D eigenvalue weighted by molar-refractivity contribution is 0.199. The van der Waals surface area contributed by atoms with Crippen LogP contribution in [0.3, 0.4) is 0 Å². The Kier molecular flexibility index (Phi) is 9.65. The van der Waals surface area contributed by atoms with Crippen molar-refractivity contribution >= 4 is 7.60 Å². The van der Waals surface area contributed by atoms with Crippen LogP contribution in [0.5, 0.6) is 5.75 Å². The van der Waals surface area contributed by atoms with Crippen LogP contribution in [-0.2, 0) is 32.6 Å². The van der Waals surface area contributed by atoms with Gasteiger partial charge in [0.2, 0.25) is 0 Å². The summed E-state index contributed by atoms with van der Waals surface area (Å²) in [6, 6.07) is 3.85. The summed E-state index contributed by atoms with van der Waals surface area (Å²) >= 11 is 0. The van der Waals surface area contributed by atoms with E-state index in [1.165, 1.54) is 0 Å². The molecule has 1 rings (SSSR count). The highest BCUT2D eigenvalue weighted by Gasteiger charge is 2.26. The van der Waals surface area contributed by atoms with Crippen LogP contribution in [0, 0.1) is 0 Å². The zero-order chi connectivity index (χ0) is 18.0. The number of phenolic OH excluding ortho intramolecular Hbond substituents is 1. The molecule has 138 valence electrons. The van der Waals surface area contributed by atoms with E-state index in [0.717, 1.165) is 55.2 Å². The first-order valence-electron chi connectivity index (χ1n) is 9.21. The first-order valence-corrected chi connectivity index (χ1v) is 10.9. The fraction of sp³-hybridized carbons (Fsp3) is 0.684. The van der Waals surface area contributed by atoms with Crippen LogP contribution in [0.15, 0.2) is 12.1 Å². The van der Waals surface area contributed by atoms with Gasteiger partial charge in [0, 0.05) is 0 Å². The molecule has 4 nitrogen and oxygen atoms in total. The van der Waals surface area contributed by atoms with Crippen molar-refractivity contribution in [1.29, 1.82) is 0 Å². The average molecular weight is 356 g/mol. The van der Waals surface area contributed by atoms with E-state index >= 15 is 0 Å². The molecule has 0 aliphatic rings. The minimum Gasteiger partial charge on any atom is -0.507 e. The maximum absolute atomic E-state index is 13.1. The Labute approximate surface area is 147 Å². The van der Waals surface area contributed by atoms with Gasteiger partial charge < -0.3 is 14.2 Å². The zero-order valence-corrected chi connectivity index (χ0v) is 16.5. The second-order valence-electron chi connectivity index (χ2n) is 6.11. The van der Waals surface area contributed by atoms with Crippen molar-refractivity contribution in [3.63, 3.8) is 0 Å². The summed E-state index contributed by atoms with van der Waals surface area (Å²) in [6.07, 6.45) is 5.48. The molecule has 0 aliphatic carbocycles. The molecule has 0 aliphatic heterocycles. The second-order valence-corrected chi connectivity index (χ2v) is 8.17. The van der Waals surface area contributed by atoms with E-state index in [0.29, 0.717) is 19.0 Å². The first-order chi connectivity index (χ1) is 11.5. The molecule has 0 unspecified atom stereocenters. The van der Waals surface area contributed by atoms with E-state index in [9.17, 15) is 9.67 Å². The fourth-order valence-corrected chi connectivity index (χ4v) is 4.21. The van der Waals surface area contributed by atoms with Crippen LogP contribution in [0.25, 0.3) is 0 Å². The number of rotatable bonds is 12. The Hall–Kier alpha value is -0.830. The Morgan fingerprint density at radius 3 is 1.75 bits per heavy atom. The van der Waals surface area contributed by atoms with Crippen molar-refractivity contribution in [3.8, 4) is 5.75 Å². The third-order valence-corrected chi connectivity index (χ3v) is 5.94. The van der Waals surface area contributed by atoms with Gasteiger partial charge in [-0.1, -0.05) is 52.7 Å². The maximum atomic E-state index is 13.1. The number of benzene rings is 1. The molecule has 0 amide bonds. The van der Waals surface area contributed by atoms with Crippen LogP contribution in [0.2, 0.25) is 0 Å². The quantitative estimate of drug-likeness (QED) is 0.377.